The quantitative estimate of drug-likeness (QED) is 0.855. The van der Waals surface area contributed by atoms with Crippen LogP contribution in [0.3, 0.4) is 0 Å². The summed E-state index contributed by atoms with van der Waals surface area (Å²) < 4.78 is 26.9. The van der Waals surface area contributed by atoms with Gasteiger partial charge in [-0.05, 0) is 18.2 Å². The van der Waals surface area contributed by atoms with Crippen LogP contribution in [-0.2, 0) is 6.54 Å². The molecule has 0 N–H and O–H groups in total. The standard InChI is InChI=1S/C17H18F2N2/c18-16-8-4-5-14(17(16)19)13-20-9-11-21(12-10-20)15-6-2-1-3-7-15/h1-8H,9-13H2. The van der Waals surface area contributed by atoms with E-state index in [1.807, 2.05) is 18.2 Å². The van der Waals surface area contributed by atoms with Gasteiger partial charge in [-0.3, -0.25) is 4.90 Å². The molecule has 0 saturated carbocycles. The third kappa shape index (κ3) is 3.22. The fraction of sp³-hybridized carbons (Fsp3) is 0.294. The first-order valence-electron chi connectivity index (χ1n) is 7.19. The minimum absolute atomic E-state index is 0.433. The van der Waals surface area contributed by atoms with Crippen molar-refractivity contribution >= 4 is 5.69 Å². The van der Waals surface area contributed by atoms with Gasteiger partial charge in [0.15, 0.2) is 11.6 Å². The Morgan fingerprint density at radius 1 is 0.810 bits per heavy atom. The lowest BCUT2D eigenvalue weighted by Gasteiger charge is -2.36. The van der Waals surface area contributed by atoms with Crippen molar-refractivity contribution in [2.75, 3.05) is 31.1 Å². The molecule has 0 amide bonds. The van der Waals surface area contributed by atoms with E-state index in [1.165, 1.54) is 5.69 Å². The summed E-state index contributed by atoms with van der Waals surface area (Å²) >= 11 is 0. The van der Waals surface area contributed by atoms with E-state index in [-0.39, 0.29) is 0 Å². The molecule has 1 aliphatic heterocycles. The third-order valence-corrected chi connectivity index (χ3v) is 3.92. The van der Waals surface area contributed by atoms with Crippen LogP contribution < -0.4 is 4.90 Å². The van der Waals surface area contributed by atoms with E-state index in [9.17, 15) is 8.78 Å². The molecule has 2 aromatic rings. The van der Waals surface area contributed by atoms with Crippen LogP contribution in [0.4, 0.5) is 14.5 Å². The molecule has 4 heteroatoms. The number of rotatable bonds is 3. The maximum absolute atomic E-state index is 13.7. The number of anilines is 1. The van der Waals surface area contributed by atoms with Gasteiger partial charge in [0.05, 0.1) is 0 Å². The molecule has 21 heavy (non-hydrogen) atoms. The van der Waals surface area contributed by atoms with Crippen molar-refractivity contribution in [2.24, 2.45) is 0 Å². The molecule has 2 aromatic carbocycles. The zero-order valence-corrected chi connectivity index (χ0v) is 11.8. The Morgan fingerprint density at radius 2 is 1.52 bits per heavy atom. The van der Waals surface area contributed by atoms with E-state index in [2.05, 4.69) is 21.9 Å². The minimum Gasteiger partial charge on any atom is -0.369 e. The van der Waals surface area contributed by atoms with Gasteiger partial charge >= 0.3 is 0 Å². The first kappa shape index (κ1) is 14.0. The lowest BCUT2D eigenvalue weighted by Crippen LogP contribution is -2.46. The summed E-state index contributed by atoms with van der Waals surface area (Å²) in [7, 11) is 0. The molecule has 0 bridgehead atoms. The summed E-state index contributed by atoms with van der Waals surface area (Å²) in [6.07, 6.45) is 0. The highest BCUT2D eigenvalue weighted by atomic mass is 19.2. The van der Waals surface area contributed by atoms with Gasteiger partial charge in [0, 0.05) is 44.0 Å². The Morgan fingerprint density at radius 3 is 2.24 bits per heavy atom. The van der Waals surface area contributed by atoms with Crippen molar-refractivity contribution in [1.29, 1.82) is 0 Å². The van der Waals surface area contributed by atoms with E-state index in [0.29, 0.717) is 12.1 Å². The van der Waals surface area contributed by atoms with Gasteiger partial charge in [-0.25, -0.2) is 8.78 Å². The molecule has 1 aliphatic rings. The minimum atomic E-state index is -0.768. The van der Waals surface area contributed by atoms with Gasteiger partial charge in [-0.15, -0.1) is 0 Å². The van der Waals surface area contributed by atoms with Crippen molar-refractivity contribution in [1.82, 2.24) is 4.90 Å². The molecule has 3 rings (SSSR count). The van der Waals surface area contributed by atoms with Gasteiger partial charge < -0.3 is 4.90 Å². The van der Waals surface area contributed by atoms with Crippen LogP contribution in [0.25, 0.3) is 0 Å². The smallest absolute Gasteiger partial charge is 0.163 e. The van der Waals surface area contributed by atoms with E-state index < -0.39 is 11.6 Å². The summed E-state index contributed by atoms with van der Waals surface area (Å²) in [6, 6.07) is 14.6. The average molecular weight is 288 g/mol. The van der Waals surface area contributed by atoms with Crippen molar-refractivity contribution in [3.63, 3.8) is 0 Å². The lowest BCUT2D eigenvalue weighted by molar-refractivity contribution is 0.245. The zero-order chi connectivity index (χ0) is 14.7. The largest absolute Gasteiger partial charge is 0.369 e. The highest BCUT2D eigenvalue weighted by Gasteiger charge is 2.18. The Labute approximate surface area is 123 Å². The normalized spacial score (nSPS) is 16.2. The van der Waals surface area contributed by atoms with Crippen LogP contribution in [0.15, 0.2) is 48.5 Å². The molecule has 1 heterocycles. The maximum atomic E-state index is 13.7. The highest BCUT2D eigenvalue weighted by Crippen LogP contribution is 2.18. The molecule has 1 fully saturated rings. The van der Waals surface area contributed by atoms with Gasteiger partial charge in [-0.1, -0.05) is 30.3 Å². The predicted octanol–water partition coefficient (Wildman–Crippen LogP) is 3.29. The fourth-order valence-electron chi connectivity index (χ4n) is 2.71. The summed E-state index contributed by atoms with van der Waals surface area (Å²) in [5, 5.41) is 0. The van der Waals surface area contributed by atoms with Crippen molar-refractivity contribution in [3.8, 4) is 0 Å². The van der Waals surface area contributed by atoms with Crippen molar-refractivity contribution in [3.05, 3.63) is 65.7 Å². The second kappa shape index (κ2) is 6.22. The van der Waals surface area contributed by atoms with E-state index >= 15 is 0 Å². The Bertz CT molecular complexity index is 593. The molecule has 110 valence electrons. The summed E-state index contributed by atoms with van der Waals surface area (Å²) in [5.74, 6) is -1.49. The van der Waals surface area contributed by atoms with Crippen LogP contribution in [0.1, 0.15) is 5.56 Å². The van der Waals surface area contributed by atoms with Crippen molar-refractivity contribution < 1.29 is 8.78 Å². The van der Waals surface area contributed by atoms with Crippen LogP contribution in [0.5, 0.6) is 0 Å². The predicted molar refractivity (Wildman–Crippen MR) is 80.3 cm³/mol. The number of piperazine rings is 1. The summed E-state index contributed by atoms with van der Waals surface area (Å²) in [5.41, 5.74) is 1.65. The van der Waals surface area contributed by atoms with Crippen LogP contribution in [0, 0.1) is 11.6 Å². The fourth-order valence-corrected chi connectivity index (χ4v) is 2.71. The topological polar surface area (TPSA) is 6.48 Å². The number of nitrogens with zero attached hydrogens (tertiary/aromatic N) is 2. The number of halogens is 2. The number of para-hydroxylation sites is 1. The molecule has 2 nitrogen and oxygen atoms in total. The molecule has 0 radical (unpaired) electrons. The summed E-state index contributed by atoms with van der Waals surface area (Å²) in [4.78, 5) is 4.48. The highest BCUT2D eigenvalue weighted by molar-refractivity contribution is 5.46. The second-order valence-electron chi connectivity index (χ2n) is 5.31. The van der Waals surface area contributed by atoms with E-state index in [0.717, 1.165) is 32.2 Å². The Kier molecular flexibility index (Phi) is 4.15. The molecule has 0 spiro atoms. The number of hydrogen-bond donors (Lipinski definition) is 0. The molecule has 0 aromatic heterocycles. The first-order valence-corrected chi connectivity index (χ1v) is 7.19. The first-order chi connectivity index (χ1) is 10.2. The monoisotopic (exact) mass is 288 g/mol. The van der Waals surface area contributed by atoms with Crippen LogP contribution in [-0.4, -0.2) is 31.1 Å². The third-order valence-electron chi connectivity index (χ3n) is 3.92. The Hall–Kier alpha value is -1.94. The summed E-state index contributed by atoms with van der Waals surface area (Å²) in [6.45, 7) is 3.98. The zero-order valence-electron chi connectivity index (χ0n) is 11.8. The molecular formula is C17H18F2N2. The number of benzene rings is 2. The number of hydrogen-bond acceptors (Lipinski definition) is 2. The van der Waals surface area contributed by atoms with Gasteiger partial charge in [0.2, 0.25) is 0 Å². The molecule has 0 aliphatic carbocycles. The SMILES string of the molecule is Fc1cccc(CN2CCN(c3ccccc3)CC2)c1F. The van der Waals surface area contributed by atoms with Gasteiger partial charge in [0.1, 0.15) is 0 Å². The van der Waals surface area contributed by atoms with Crippen molar-refractivity contribution in [2.45, 2.75) is 6.54 Å². The van der Waals surface area contributed by atoms with E-state index in [4.69, 9.17) is 0 Å². The lowest BCUT2D eigenvalue weighted by atomic mass is 10.1. The average Bonchev–Trinajstić information content (AvgIpc) is 2.53. The molecule has 1 saturated heterocycles. The van der Waals surface area contributed by atoms with Crippen LogP contribution in [0.2, 0.25) is 0 Å². The van der Waals surface area contributed by atoms with Gasteiger partial charge in [0.25, 0.3) is 0 Å². The molecule has 0 atom stereocenters. The van der Waals surface area contributed by atoms with Crippen LogP contribution >= 0.6 is 0 Å². The molecule has 0 unspecified atom stereocenters. The molecular weight excluding hydrogens is 270 g/mol. The second-order valence-corrected chi connectivity index (χ2v) is 5.31. The Balaban J connectivity index is 1.60. The van der Waals surface area contributed by atoms with E-state index in [1.54, 1.807) is 12.1 Å². The van der Waals surface area contributed by atoms with Gasteiger partial charge in [-0.2, -0.15) is 0 Å². The maximum Gasteiger partial charge on any atom is 0.163 e.